The first kappa shape index (κ1) is 9.53. The van der Waals surface area contributed by atoms with Crippen LogP contribution in [-0.2, 0) is 4.65 Å². The molecule has 0 saturated carbocycles. The summed E-state index contributed by atoms with van der Waals surface area (Å²) in [6, 6.07) is 4.88. The Morgan fingerprint density at radius 1 is 1.54 bits per heavy atom. The van der Waals surface area contributed by atoms with Gasteiger partial charge in [0.1, 0.15) is 5.82 Å². The van der Waals surface area contributed by atoms with Gasteiger partial charge in [-0.2, -0.15) is 0 Å². The van der Waals surface area contributed by atoms with Crippen LogP contribution in [0.1, 0.15) is 0 Å². The van der Waals surface area contributed by atoms with Gasteiger partial charge in [0.15, 0.2) is 0 Å². The average Bonchev–Trinajstić information content (AvgIpc) is 2.03. The Hall–Kier alpha value is -1.56. The lowest BCUT2D eigenvalue weighted by Gasteiger charge is -2.03. The largest absolute Gasteiger partial charge is 0.564 e. The van der Waals surface area contributed by atoms with E-state index in [-0.39, 0.29) is 5.46 Å². The Morgan fingerprint density at radius 2 is 2.23 bits per heavy atom. The lowest BCUT2D eigenvalue weighted by atomic mass is 9.80. The summed E-state index contributed by atoms with van der Waals surface area (Å²) in [6.45, 7) is 0. The van der Waals surface area contributed by atoms with Crippen molar-refractivity contribution >= 4 is 18.7 Å². The SMILES string of the molecule is O=C(O)OB(O)c1cccc(F)c1. The van der Waals surface area contributed by atoms with E-state index in [1.54, 1.807) is 0 Å². The molecule has 0 spiro atoms. The van der Waals surface area contributed by atoms with Gasteiger partial charge in [0.05, 0.1) is 0 Å². The molecule has 0 atom stereocenters. The summed E-state index contributed by atoms with van der Waals surface area (Å²) >= 11 is 0. The number of carbonyl (C=O) groups is 1. The van der Waals surface area contributed by atoms with Crippen LogP contribution in [-0.4, -0.2) is 23.4 Å². The van der Waals surface area contributed by atoms with E-state index in [9.17, 15) is 9.18 Å². The van der Waals surface area contributed by atoms with Crippen LogP contribution in [0.25, 0.3) is 0 Å². The zero-order valence-corrected chi connectivity index (χ0v) is 6.48. The van der Waals surface area contributed by atoms with E-state index in [1.807, 2.05) is 0 Å². The molecule has 0 bridgehead atoms. The number of rotatable bonds is 2. The topological polar surface area (TPSA) is 66.8 Å². The van der Waals surface area contributed by atoms with Gasteiger partial charge < -0.3 is 14.8 Å². The highest BCUT2D eigenvalue weighted by Gasteiger charge is 2.21. The van der Waals surface area contributed by atoms with Gasteiger partial charge in [0.2, 0.25) is 0 Å². The molecule has 0 aliphatic heterocycles. The third-order valence-corrected chi connectivity index (χ3v) is 1.35. The van der Waals surface area contributed by atoms with Crippen molar-refractivity contribution in [2.75, 3.05) is 0 Å². The predicted molar refractivity (Wildman–Crippen MR) is 43.1 cm³/mol. The second kappa shape index (κ2) is 3.91. The molecular weight excluding hydrogens is 178 g/mol. The van der Waals surface area contributed by atoms with Crippen LogP contribution in [0.15, 0.2) is 24.3 Å². The van der Waals surface area contributed by atoms with Crippen LogP contribution in [0.2, 0.25) is 0 Å². The molecule has 0 fully saturated rings. The highest BCUT2D eigenvalue weighted by molar-refractivity contribution is 6.61. The molecule has 13 heavy (non-hydrogen) atoms. The Balaban J connectivity index is 2.76. The molecule has 0 radical (unpaired) electrons. The third kappa shape index (κ3) is 2.75. The average molecular weight is 184 g/mol. The first-order valence-electron chi connectivity index (χ1n) is 3.42. The van der Waals surface area contributed by atoms with Gasteiger partial charge >= 0.3 is 13.3 Å². The van der Waals surface area contributed by atoms with Gasteiger partial charge in [0.25, 0.3) is 0 Å². The van der Waals surface area contributed by atoms with Crippen molar-refractivity contribution in [3.05, 3.63) is 30.1 Å². The van der Waals surface area contributed by atoms with Crippen molar-refractivity contribution in [3.8, 4) is 0 Å². The van der Waals surface area contributed by atoms with Crippen molar-refractivity contribution in [2.24, 2.45) is 0 Å². The minimum atomic E-state index is -1.65. The molecule has 0 aliphatic rings. The first-order valence-corrected chi connectivity index (χ1v) is 3.42. The highest BCUT2D eigenvalue weighted by Crippen LogP contribution is 1.94. The van der Waals surface area contributed by atoms with E-state index in [2.05, 4.69) is 4.65 Å². The Morgan fingerprint density at radius 3 is 2.77 bits per heavy atom. The fraction of sp³-hybridized carbons (Fsp3) is 0. The number of carboxylic acid groups (broad SMARTS) is 1. The lowest BCUT2D eigenvalue weighted by molar-refractivity contribution is 0.137. The lowest BCUT2D eigenvalue weighted by Crippen LogP contribution is -2.35. The Kier molecular flexibility index (Phi) is 2.86. The highest BCUT2D eigenvalue weighted by atomic mass is 19.1. The van der Waals surface area contributed by atoms with Crippen LogP contribution in [0.5, 0.6) is 0 Å². The molecule has 1 aromatic rings. The van der Waals surface area contributed by atoms with Gasteiger partial charge in [-0.05, 0) is 17.6 Å². The monoisotopic (exact) mass is 184 g/mol. The van der Waals surface area contributed by atoms with E-state index < -0.39 is 19.1 Å². The van der Waals surface area contributed by atoms with Gasteiger partial charge in [0, 0.05) is 0 Å². The summed E-state index contributed by atoms with van der Waals surface area (Å²) < 4.78 is 16.5. The number of hydrogen-bond acceptors (Lipinski definition) is 3. The van der Waals surface area contributed by atoms with Crippen LogP contribution in [0.3, 0.4) is 0 Å². The van der Waals surface area contributed by atoms with Gasteiger partial charge in [-0.3, -0.25) is 0 Å². The van der Waals surface area contributed by atoms with Crippen molar-refractivity contribution in [2.45, 2.75) is 0 Å². The van der Waals surface area contributed by atoms with E-state index in [4.69, 9.17) is 10.1 Å². The molecule has 0 amide bonds. The fourth-order valence-electron chi connectivity index (χ4n) is 0.824. The molecule has 0 aliphatic carbocycles. The standard InChI is InChI=1S/C7H6BFO4/c9-6-3-1-2-5(4-6)8(12)13-7(10)11/h1-4,12H,(H,10,11). The summed E-state index contributed by atoms with van der Waals surface area (Å²) in [5.74, 6) is -0.564. The molecule has 0 aromatic heterocycles. The van der Waals surface area contributed by atoms with Crippen molar-refractivity contribution in [3.63, 3.8) is 0 Å². The molecule has 2 N–H and O–H groups in total. The molecule has 4 nitrogen and oxygen atoms in total. The molecule has 0 unspecified atom stereocenters. The summed E-state index contributed by atoms with van der Waals surface area (Å²) in [5, 5.41) is 17.2. The first-order chi connectivity index (χ1) is 6.09. The second-order valence-corrected chi connectivity index (χ2v) is 2.29. The maximum atomic E-state index is 12.6. The molecule has 1 rings (SSSR count). The van der Waals surface area contributed by atoms with E-state index in [1.165, 1.54) is 18.2 Å². The number of hydrogen-bond donors (Lipinski definition) is 2. The Bertz CT molecular complexity index is 317. The van der Waals surface area contributed by atoms with E-state index in [0.717, 1.165) is 6.07 Å². The van der Waals surface area contributed by atoms with Gasteiger partial charge in [-0.1, -0.05) is 12.1 Å². The predicted octanol–water partition coefficient (Wildman–Crippen LogP) is 0.208. The van der Waals surface area contributed by atoms with Gasteiger partial charge in [-0.15, -0.1) is 0 Å². The van der Waals surface area contributed by atoms with Crippen molar-refractivity contribution in [1.29, 1.82) is 0 Å². The molecule has 68 valence electrons. The van der Waals surface area contributed by atoms with Crippen molar-refractivity contribution < 1.29 is 24.0 Å². The third-order valence-electron chi connectivity index (χ3n) is 1.35. The molecular formula is C7H6BFO4. The van der Waals surface area contributed by atoms with Gasteiger partial charge in [-0.25, -0.2) is 9.18 Å². The quantitative estimate of drug-likeness (QED) is 0.644. The van der Waals surface area contributed by atoms with Crippen molar-refractivity contribution in [1.82, 2.24) is 0 Å². The van der Waals surface area contributed by atoms with Crippen LogP contribution in [0, 0.1) is 5.82 Å². The summed E-state index contributed by atoms with van der Waals surface area (Å²) in [5.41, 5.74) is 0.0578. The molecule has 6 heteroatoms. The van der Waals surface area contributed by atoms with E-state index in [0.29, 0.717) is 0 Å². The normalized spacial score (nSPS) is 9.38. The zero-order valence-electron chi connectivity index (χ0n) is 6.48. The Labute approximate surface area is 73.7 Å². The molecule has 1 aromatic carbocycles. The second-order valence-electron chi connectivity index (χ2n) is 2.29. The van der Waals surface area contributed by atoms with Crippen LogP contribution >= 0.6 is 0 Å². The molecule has 0 heterocycles. The molecule has 0 saturated heterocycles. The van der Waals surface area contributed by atoms with E-state index >= 15 is 0 Å². The number of halogens is 1. The fourth-order valence-corrected chi connectivity index (χ4v) is 0.824. The summed E-state index contributed by atoms with van der Waals surface area (Å²) in [6.07, 6.45) is -1.61. The minimum Gasteiger partial charge on any atom is -0.473 e. The minimum absolute atomic E-state index is 0.0578. The zero-order chi connectivity index (χ0) is 9.84. The summed E-state index contributed by atoms with van der Waals surface area (Å²) in [7, 11) is -1.65. The van der Waals surface area contributed by atoms with Crippen LogP contribution in [0.4, 0.5) is 9.18 Å². The van der Waals surface area contributed by atoms with Crippen LogP contribution < -0.4 is 5.46 Å². The maximum Gasteiger partial charge on any atom is 0.564 e. The summed E-state index contributed by atoms with van der Waals surface area (Å²) in [4.78, 5) is 9.99. The maximum absolute atomic E-state index is 12.6. The number of benzene rings is 1. The smallest absolute Gasteiger partial charge is 0.473 e.